The van der Waals surface area contributed by atoms with Crippen molar-refractivity contribution in [3.05, 3.63) is 91.7 Å². The number of H-pyrrole nitrogens is 1. The van der Waals surface area contributed by atoms with E-state index in [9.17, 15) is 19.6 Å². The van der Waals surface area contributed by atoms with Crippen molar-refractivity contribution in [2.45, 2.75) is 79.1 Å². The first-order valence-corrected chi connectivity index (χ1v) is 17.0. The summed E-state index contributed by atoms with van der Waals surface area (Å²) in [6.07, 6.45) is 2.02. The van der Waals surface area contributed by atoms with E-state index in [0.29, 0.717) is 48.5 Å². The highest BCUT2D eigenvalue weighted by atomic mass is 16.6. The Kier molecular flexibility index (Phi) is 9.48. The molecule has 2 aliphatic rings. The van der Waals surface area contributed by atoms with E-state index in [4.69, 9.17) is 9.47 Å². The summed E-state index contributed by atoms with van der Waals surface area (Å²) in [5, 5.41) is 18.3. The van der Waals surface area contributed by atoms with Gasteiger partial charge in [0.25, 0.3) is 11.5 Å². The van der Waals surface area contributed by atoms with E-state index in [1.807, 2.05) is 45.0 Å². The quantitative estimate of drug-likeness (QED) is 0.215. The largest absolute Gasteiger partial charge is 0.443 e. The van der Waals surface area contributed by atoms with Crippen LogP contribution >= 0.6 is 0 Å². The van der Waals surface area contributed by atoms with Gasteiger partial charge in [0.15, 0.2) is 0 Å². The number of rotatable bonds is 7. The molecule has 50 heavy (non-hydrogen) atoms. The van der Waals surface area contributed by atoms with E-state index >= 15 is 0 Å². The summed E-state index contributed by atoms with van der Waals surface area (Å²) < 4.78 is 13.7. The van der Waals surface area contributed by atoms with Crippen LogP contribution in [0.15, 0.2) is 41.3 Å². The smallest absolute Gasteiger partial charge is 0.426 e. The van der Waals surface area contributed by atoms with Crippen molar-refractivity contribution < 1.29 is 19.1 Å². The van der Waals surface area contributed by atoms with Gasteiger partial charge in [-0.15, -0.1) is 0 Å². The normalized spacial score (nSPS) is 16.5. The molecule has 4 N–H and O–H groups in total. The van der Waals surface area contributed by atoms with Crippen molar-refractivity contribution in [3.63, 3.8) is 0 Å². The monoisotopic (exact) mass is 679 g/mol. The van der Waals surface area contributed by atoms with Gasteiger partial charge in [0.05, 0.1) is 24.0 Å². The van der Waals surface area contributed by atoms with Crippen molar-refractivity contribution in [1.29, 1.82) is 5.26 Å². The van der Waals surface area contributed by atoms with Crippen LogP contribution in [0.4, 0.5) is 10.5 Å². The molecule has 2 amide bonds. The molecule has 2 atom stereocenters. The number of aryl methyl sites for hydroxylation is 2. The van der Waals surface area contributed by atoms with Crippen molar-refractivity contribution in [2.75, 3.05) is 31.3 Å². The zero-order chi connectivity index (χ0) is 35.9. The van der Waals surface area contributed by atoms with Crippen molar-refractivity contribution in [2.24, 2.45) is 0 Å². The van der Waals surface area contributed by atoms with Gasteiger partial charge in [-0.3, -0.25) is 14.6 Å². The maximum atomic E-state index is 13.8. The molecule has 4 aromatic rings. The molecule has 0 bridgehead atoms. The number of amides is 2. The van der Waals surface area contributed by atoms with Crippen LogP contribution < -0.4 is 26.6 Å². The Labute approximate surface area is 291 Å². The number of carbonyl (C=O) groups is 2. The Balaban J connectivity index is 1.38. The van der Waals surface area contributed by atoms with Gasteiger partial charge in [0.1, 0.15) is 11.7 Å². The molecule has 6 rings (SSSR count). The van der Waals surface area contributed by atoms with E-state index in [1.165, 1.54) is 0 Å². The van der Waals surface area contributed by atoms with Gasteiger partial charge in [-0.2, -0.15) is 5.26 Å². The lowest BCUT2D eigenvalue weighted by Crippen LogP contribution is -2.44. The number of pyridine rings is 2. The average molecular weight is 680 g/mol. The lowest BCUT2D eigenvalue weighted by molar-refractivity contribution is 0.0135. The molecule has 0 saturated carbocycles. The Hall–Kier alpha value is -5.12. The van der Waals surface area contributed by atoms with Crippen LogP contribution in [0.25, 0.3) is 16.6 Å². The second kappa shape index (κ2) is 13.7. The number of aromatic amines is 1. The molecule has 2 unspecified atom stereocenters. The summed E-state index contributed by atoms with van der Waals surface area (Å²) in [6.45, 7) is 15.9. The van der Waals surface area contributed by atoms with Crippen LogP contribution in [0.1, 0.15) is 83.2 Å². The van der Waals surface area contributed by atoms with Gasteiger partial charge in [0, 0.05) is 71.9 Å². The van der Waals surface area contributed by atoms with Crippen LogP contribution in [0, 0.1) is 32.1 Å². The predicted octanol–water partition coefficient (Wildman–Crippen LogP) is 4.92. The van der Waals surface area contributed by atoms with Gasteiger partial charge in [0.2, 0.25) is 0 Å². The van der Waals surface area contributed by atoms with Crippen LogP contribution in [-0.4, -0.2) is 59.3 Å². The van der Waals surface area contributed by atoms with Crippen LogP contribution in [0.5, 0.6) is 0 Å². The number of ether oxygens (including phenoxy) is 2. The van der Waals surface area contributed by atoms with E-state index in [2.05, 4.69) is 50.7 Å². The van der Waals surface area contributed by atoms with Crippen LogP contribution in [0.2, 0.25) is 0 Å². The van der Waals surface area contributed by atoms with Crippen molar-refractivity contribution >= 4 is 23.2 Å². The second-order valence-corrected chi connectivity index (χ2v) is 14.3. The molecule has 5 heterocycles. The molecule has 262 valence electrons. The summed E-state index contributed by atoms with van der Waals surface area (Å²) >= 11 is 0. The highest BCUT2D eigenvalue weighted by Gasteiger charge is 2.30. The van der Waals surface area contributed by atoms with Crippen molar-refractivity contribution in [1.82, 2.24) is 25.4 Å². The van der Waals surface area contributed by atoms with Crippen molar-refractivity contribution in [3.8, 4) is 17.2 Å². The third kappa shape index (κ3) is 6.97. The van der Waals surface area contributed by atoms with E-state index < -0.39 is 11.7 Å². The molecule has 0 aliphatic carbocycles. The van der Waals surface area contributed by atoms with Crippen LogP contribution in [-0.2, 0) is 22.4 Å². The first kappa shape index (κ1) is 34.7. The van der Waals surface area contributed by atoms with Gasteiger partial charge >= 0.3 is 6.09 Å². The SMILES string of the molecule is Cc1cc(C)c(CNC(=O)c2cc3cc(-c4cc(C#N)c5c(c4)CCN5NC(=O)OC(C)(C)C)cn3c(C(C)C3CNCCO3)c2C)c(=O)[nH]1. The number of nitriles is 1. The van der Waals surface area contributed by atoms with E-state index in [1.54, 1.807) is 25.8 Å². The molecular formula is C38H45N7O5. The highest BCUT2D eigenvalue weighted by molar-refractivity contribution is 5.97. The molecule has 0 spiro atoms. The molecule has 0 radical (unpaired) electrons. The first-order chi connectivity index (χ1) is 23.7. The zero-order valence-corrected chi connectivity index (χ0v) is 29.7. The summed E-state index contributed by atoms with van der Waals surface area (Å²) in [5.74, 6) is -0.340. The standard InChI is InChI=1S/C38H45N7O5/c1-21-12-22(2)42-36(47)31(21)18-41-35(46)30-16-29-15-28(20-44(29)33(23(30)3)24(4)32-19-40-9-11-49-32)26-13-25-8-10-45(34(25)27(14-26)17-39)43-37(48)50-38(5,6)7/h12-16,20,24,32,40H,8-11,18-19H2,1-7H3,(H,41,46)(H,42,47)(H,43,48). The summed E-state index contributed by atoms with van der Waals surface area (Å²) in [5.41, 5.74) is 10.9. The Morgan fingerprint density at radius 1 is 1.14 bits per heavy atom. The number of anilines is 1. The Morgan fingerprint density at radius 3 is 2.60 bits per heavy atom. The number of nitrogens with zero attached hydrogens (tertiary/aromatic N) is 3. The first-order valence-electron chi connectivity index (χ1n) is 17.0. The van der Waals surface area contributed by atoms with E-state index in [-0.39, 0.29) is 30.0 Å². The number of nitrogens with one attached hydrogen (secondary N) is 4. The average Bonchev–Trinajstić information content (AvgIpc) is 3.66. The minimum Gasteiger partial charge on any atom is -0.443 e. The third-order valence-electron chi connectivity index (χ3n) is 9.44. The summed E-state index contributed by atoms with van der Waals surface area (Å²) in [6, 6.07) is 12.0. The lowest BCUT2D eigenvalue weighted by atomic mass is 9.92. The molecule has 2 aliphatic heterocycles. The minimum absolute atomic E-state index is 0.0670. The maximum Gasteiger partial charge on any atom is 0.426 e. The zero-order valence-electron chi connectivity index (χ0n) is 29.7. The molecule has 1 aromatic carbocycles. The van der Waals surface area contributed by atoms with Gasteiger partial charge in [-0.1, -0.05) is 6.92 Å². The molecule has 12 heteroatoms. The number of hydrazine groups is 1. The minimum atomic E-state index is -0.653. The highest BCUT2D eigenvalue weighted by Crippen LogP contribution is 2.37. The number of morpholine rings is 1. The van der Waals surface area contributed by atoms with Gasteiger partial charge in [-0.05, 0) is 101 Å². The number of fused-ring (bicyclic) bond motifs is 2. The lowest BCUT2D eigenvalue weighted by Gasteiger charge is -2.31. The van der Waals surface area contributed by atoms with E-state index in [0.717, 1.165) is 51.3 Å². The number of aromatic nitrogens is 2. The number of hydrogen-bond acceptors (Lipinski definition) is 8. The third-order valence-corrected chi connectivity index (χ3v) is 9.44. The Bertz CT molecular complexity index is 2080. The van der Waals surface area contributed by atoms with Crippen LogP contribution in [0.3, 0.4) is 0 Å². The molecule has 1 saturated heterocycles. The Morgan fingerprint density at radius 2 is 1.92 bits per heavy atom. The van der Waals surface area contributed by atoms with Gasteiger partial charge in [-0.25, -0.2) is 10.2 Å². The number of carbonyl (C=O) groups excluding carboxylic acids is 2. The second-order valence-electron chi connectivity index (χ2n) is 14.3. The van der Waals surface area contributed by atoms with Gasteiger partial charge < -0.3 is 29.5 Å². The number of hydrogen-bond donors (Lipinski definition) is 4. The summed E-state index contributed by atoms with van der Waals surface area (Å²) in [7, 11) is 0. The fraction of sp³-hybridized carbons (Fsp3) is 0.421. The predicted molar refractivity (Wildman–Crippen MR) is 191 cm³/mol. The number of benzene rings is 1. The topological polar surface area (TPSA) is 153 Å². The molecule has 1 fully saturated rings. The molecule has 12 nitrogen and oxygen atoms in total. The maximum absolute atomic E-state index is 13.8. The fourth-order valence-electron chi connectivity index (χ4n) is 7.10. The fourth-order valence-corrected chi connectivity index (χ4v) is 7.10. The molecule has 3 aromatic heterocycles. The summed E-state index contributed by atoms with van der Waals surface area (Å²) in [4.78, 5) is 41.9. The molecular weight excluding hydrogens is 634 g/mol.